The maximum absolute atomic E-state index is 13.2. The Kier molecular flexibility index (Phi) is 4.54. The van der Waals surface area contributed by atoms with Gasteiger partial charge in [0.2, 0.25) is 0 Å². The number of aryl methyl sites for hydroxylation is 2. The Morgan fingerprint density at radius 3 is 2.78 bits per heavy atom. The third kappa shape index (κ3) is 3.11. The zero-order chi connectivity index (χ0) is 21.9. The van der Waals surface area contributed by atoms with Crippen LogP contribution in [-0.2, 0) is 13.0 Å². The predicted molar refractivity (Wildman–Crippen MR) is 123 cm³/mol. The molecule has 1 aliphatic carbocycles. The van der Waals surface area contributed by atoms with Gasteiger partial charge >= 0.3 is 0 Å². The van der Waals surface area contributed by atoms with Crippen LogP contribution in [-0.4, -0.2) is 21.2 Å². The van der Waals surface area contributed by atoms with E-state index in [0.717, 1.165) is 62.9 Å². The highest BCUT2D eigenvalue weighted by atomic mass is 32.1. The summed E-state index contributed by atoms with van der Waals surface area (Å²) in [5.41, 5.74) is 1.32. The number of hydrogen-bond donors (Lipinski definition) is 1. The Morgan fingerprint density at radius 2 is 1.94 bits per heavy atom. The maximum atomic E-state index is 13.2. The molecule has 0 saturated heterocycles. The molecule has 8 heteroatoms. The summed E-state index contributed by atoms with van der Waals surface area (Å²) in [7, 11) is 0. The second-order valence-electron chi connectivity index (χ2n) is 8.97. The standard InChI is InChI=1S/C24H25N3O4S/c1-14-19-22(26-18-7-3-2-6-12-27(18)23(19)29)32-20(14)21(28)25-15-8-9-16-17(13-15)31-24(30-16)10-4-5-11-24/h8-9,13H,2-7,10-12H2,1H3,(H,25,28). The van der Waals surface area contributed by atoms with Crippen molar-refractivity contribution < 1.29 is 14.3 Å². The Hall–Kier alpha value is -2.87. The largest absolute Gasteiger partial charge is 0.448 e. The minimum atomic E-state index is -0.529. The van der Waals surface area contributed by atoms with E-state index in [1.807, 2.05) is 25.1 Å². The fourth-order valence-corrected chi connectivity index (χ4v) is 6.19. The van der Waals surface area contributed by atoms with Crippen molar-refractivity contribution in [3.63, 3.8) is 0 Å². The lowest BCUT2D eigenvalue weighted by molar-refractivity contribution is -0.0716. The maximum Gasteiger partial charge on any atom is 0.266 e. The van der Waals surface area contributed by atoms with Crippen molar-refractivity contribution in [1.82, 2.24) is 9.55 Å². The number of anilines is 1. The average Bonchev–Trinajstić information content (AvgIpc) is 3.40. The van der Waals surface area contributed by atoms with Gasteiger partial charge in [0.15, 0.2) is 11.5 Å². The number of nitrogens with one attached hydrogen (secondary N) is 1. The van der Waals surface area contributed by atoms with E-state index in [2.05, 4.69) is 5.32 Å². The van der Waals surface area contributed by atoms with Crippen molar-refractivity contribution in [2.45, 2.75) is 70.6 Å². The summed E-state index contributed by atoms with van der Waals surface area (Å²) >= 11 is 1.29. The second-order valence-corrected chi connectivity index (χ2v) is 9.97. The van der Waals surface area contributed by atoms with E-state index in [-0.39, 0.29) is 11.5 Å². The van der Waals surface area contributed by atoms with Gasteiger partial charge in [-0.15, -0.1) is 11.3 Å². The first-order valence-electron chi connectivity index (χ1n) is 11.4. The fourth-order valence-electron chi connectivity index (χ4n) is 5.10. The van der Waals surface area contributed by atoms with Crippen molar-refractivity contribution in [2.24, 2.45) is 0 Å². The smallest absolute Gasteiger partial charge is 0.266 e. The van der Waals surface area contributed by atoms with Gasteiger partial charge in [0, 0.05) is 37.6 Å². The van der Waals surface area contributed by atoms with Gasteiger partial charge in [-0.3, -0.25) is 14.2 Å². The summed E-state index contributed by atoms with van der Waals surface area (Å²) in [4.78, 5) is 32.2. The quantitative estimate of drug-likeness (QED) is 0.606. The van der Waals surface area contributed by atoms with Crippen LogP contribution < -0.4 is 20.3 Å². The van der Waals surface area contributed by atoms with E-state index in [0.29, 0.717) is 38.6 Å². The molecule has 2 aliphatic heterocycles. The van der Waals surface area contributed by atoms with Crippen LogP contribution in [0.1, 0.15) is 66.0 Å². The molecule has 1 spiro atoms. The molecule has 6 rings (SSSR count). The first-order chi connectivity index (χ1) is 15.5. The Bertz CT molecular complexity index is 1300. The molecule has 0 unspecified atom stereocenters. The third-order valence-corrected chi connectivity index (χ3v) is 7.96. The Balaban J connectivity index is 1.30. The van der Waals surface area contributed by atoms with E-state index in [9.17, 15) is 9.59 Å². The Labute approximate surface area is 189 Å². The van der Waals surface area contributed by atoms with Crippen molar-refractivity contribution in [1.29, 1.82) is 0 Å². The van der Waals surface area contributed by atoms with Gasteiger partial charge in [0.05, 0.1) is 10.3 Å². The van der Waals surface area contributed by atoms with Crippen molar-refractivity contribution in [2.75, 3.05) is 5.32 Å². The first-order valence-corrected chi connectivity index (χ1v) is 12.2. The zero-order valence-corrected chi connectivity index (χ0v) is 18.8. The van der Waals surface area contributed by atoms with E-state index in [4.69, 9.17) is 14.5 Å². The molecule has 32 heavy (non-hydrogen) atoms. The van der Waals surface area contributed by atoms with E-state index >= 15 is 0 Å². The summed E-state index contributed by atoms with van der Waals surface area (Å²) in [6, 6.07) is 5.49. The zero-order valence-electron chi connectivity index (χ0n) is 18.0. The van der Waals surface area contributed by atoms with Gasteiger partial charge in [-0.25, -0.2) is 4.98 Å². The molecular formula is C24H25N3O4S. The van der Waals surface area contributed by atoms with Gasteiger partial charge in [0.1, 0.15) is 10.7 Å². The number of hydrogen-bond acceptors (Lipinski definition) is 6. The highest BCUT2D eigenvalue weighted by molar-refractivity contribution is 7.20. The molecule has 7 nitrogen and oxygen atoms in total. The fraction of sp³-hybridized carbons (Fsp3) is 0.458. The summed E-state index contributed by atoms with van der Waals surface area (Å²) in [5, 5.41) is 3.54. The number of aromatic nitrogens is 2. The van der Waals surface area contributed by atoms with Crippen LogP contribution in [0.5, 0.6) is 11.5 Å². The van der Waals surface area contributed by atoms with E-state index < -0.39 is 5.79 Å². The SMILES string of the molecule is Cc1c(C(=O)Nc2ccc3c(c2)OC2(CCCC2)O3)sc2nc3n(c(=O)c12)CCCCC3. The lowest BCUT2D eigenvalue weighted by Gasteiger charge is -2.21. The molecule has 1 aromatic carbocycles. The monoisotopic (exact) mass is 451 g/mol. The van der Waals surface area contributed by atoms with Crippen LogP contribution in [0.2, 0.25) is 0 Å². The molecule has 2 aromatic heterocycles. The lowest BCUT2D eigenvalue weighted by atomic mass is 10.2. The van der Waals surface area contributed by atoms with Crippen molar-refractivity contribution in [3.05, 3.63) is 44.8 Å². The second kappa shape index (κ2) is 7.33. The van der Waals surface area contributed by atoms with Gasteiger partial charge < -0.3 is 14.8 Å². The highest BCUT2D eigenvalue weighted by Gasteiger charge is 2.44. The Morgan fingerprint density at radius 1 is 1.12 bits per heavy atom. The highest BCUT2D eigenvalue weighted by Crippen LogP contribution is 2.47. The lowest BCUT2D eigenvalue weighted by Crippen LogP contribution is -2.34. The number of amides is 1. The molecule has 0 atom stereocenters. The number of carbonyl (C=O) groups is 1. The topological polar surface area (TPSA) is 82.4 Å². The van der Waals surface area contributed by atoms with Gasteiger partial charge in [-0.2, -0.15) is 0 Å². The van der Waals surface area contributed by atoms with E-state index in [1.54, 1.807) is 4.57 Å². The van der Waals surface area contributed by atoms with Crippen LogP contribution in [0.15, 0.2) is 23.0 Å². The number of carbonyl (C=O) groups excluding carboxylic acids is 1. The van der Waals surface area contributed by atoms with Crippen LogP contribution in [0, 0.1) is 6.92 Å². The van der Waals surface area contributed by atoms with Gasteiger partial charge in [-0.1, -0.05) is 6.42 Å². The molecule has 1 fully saturated rings. The van der Waals surface area contributed by atoms with Gasteiger partial charge in [-0.05, 0) is 50.3 Å². The summed E-state index contributed by atoms with van der Waals surface area (Å²) in [5.74, 6) is 1.46. The number of benzene rings is 1. The first kappa shape index (κ1) is 19.8. The summed E-state index contributed by atoms with van der Waals surface area (Å²) < 4.78 is 14.0. The van der Waals surface area contributed by atoms with Gasteiger partial charge in [0.25, 0.3) is 17.3 Å². The molecule has 3 aliphatic rings. The van der Waals surface area contributed by atoms with Crippen LogP contribution in [0.25, 0.3) is 10.2 Å². The molecule has 1 amide bonds. The minimum Gasteiger partial charge on any atom is -0.448 e. The van der Waals surface area contributed by atoms with Crippen LogP contribution in [0.3, 0.4) is 0 Å². The molecule has 3 aromatic rings. The molecule has 0 bridgehead atoms. The van der Waals surface area contributed by atoms with Crippen molar-refractivity contribution >= 4 is 33.1 Å². The van der Waals surface area contributed by atoms with E-state index in [1.165, 1.54) is 11.3 Å². The number of thiophene rings is 1. The molecule has 0 radical (unpaired) electrons. The summed E-state index contributed by atoms with van der Waals surface area (Å²) in [6.07, 6.45) is 7.92. The van der Waals surface area contributed by atoms with Crippen LogP contribution >= 0.6 is 11.3 Å². The molecule has 1 N–H and O–H groups in total. The minimum absolute atomic E-state index is 0.0235. The number of fused-ring (bicyclic) bond motifs is 3. The number of ether oxygens (including phenoxy) is 2. The predicted octanol–water partition coefficient (Wildman–Crippen LogP) is 4.79. The van der Waals surface area contributed by atoms with Crippen molar-refractivity contribution in [3.8, 4) is 11.5 Å². The molecule has 166 valence electrons. The molecule has 4 heterocycles. The number of nitrogens with zero attached hydrogens (tertiary/aromatic N) is 2. The number of rotatable bonds is 2. The third-order valence-electron chi connectivity index (χ3n) is 6.78. The molecular weight excluding hydrogens is 426 g/mol. The van der Waals surface area contributed by atoms with Crippen LogP contribution in [0.4, 0.5) is 5.69 Å². The molecule has 1 saturated carbocycles. The summed E-state index contributed by atoms with van der Waals surface area (Å²) in [6.45, 7) is 2.54. The average molecular weight is 452 g/mol. The normalized spacial score (nSPS) is 18.7.